The average Bonchev–Trinajstić information content (AvgIpc) is 2.49. The molecule has 0 radical (unpaired) electrons. The maximum Gasteiger partial charge on any atom is 0.122 e. The molecule has 4 heteroatoms. The summed E-state index contributed by atoms with van der Waals surface area (Å²) >= 11 is 6.35. The number of benzene rings is 1. The predicted molar refractivity (Wildman–Crippen MR) is 87.8 cm³/mol. The summed E-state index contributed by atoms with van der Waals surface area (Å²) in [6.07, 6.45) is 7.02. The van der Waals surface area contributed by atoms with Crippen LogP contribution in [0.2, 0.25) is 5.02 Å². The minimum Gasteiger partial charge on any atom is -0.384 e. The fraction of sp³-hybridized carbons (Fsp3) is 0.588. The average molecular weight is 306 g/mol. The van der Waals surface area contributed by atoms with Gasteiger partial charge in [0.2, 0.25) is 0 Å². The van der Waals surface area contributed by atoms with Crippen molar-refractivity contribution in [3.63, 3.8) is 0 Å². The summed E-state index contributed by atoms with van der Waals surface area (Å²) < 4.78 is 0. The second kappa shape index (κ2) is 6.37. The minimum absolute atomic E-state index is 0.0754. The molecule has 3 rings (SSSR count). The Kier molecular flexibility index (Phi) is 4.51. The van der Waals surface area contributed by atoms with Crippen molar-refractivity contribution in [2.75, 3.05) is 13.1 Å². The van der Waals surface area contributed by atoms with E-state index < -0.39 is 0 Å². The summed E-state index contributed by atoms with van der Waals surface area (Å²) in [6.45, 7) is 3.32. The number of nitrogens with zero attached hydrogens (tertiary/aromatic N) is 1. The monoisotopic (exact) mass is 305 g/mol. The smallest absolute Gasteiger partial charge is 0.122 e. The van der Waals surface area contributed by atoms with Crippen LogP contribution in [0.15, 0.2) is 18.2 Å². The molecule has 1 aliphatic carbocycles. The van der Waals surface area contributed by atoms with Gasteiger partial charge < -0.3 is 5.73 Å². The first-order chi connectivity index (χ1) is 10.1. The van der Waals surface area contributed by atoms with E-state index in [9.17, 15) is 0 Å². The van der Waals surface area contributed by atoms with Gasteiger partial charge in [-0.1, -0.05) is 43.0 Å². The lowest BCUT2D eigenvalue weighted by Crippen LogP contribution is -2.41. The molecule has 2 fully saturated rings. The Balaban J connectivity index is 1.65. The third-order valence-electron chi connectivity index (χ3n) is 5.13. The van der Waals surface area contributed by atoms with Crippen molar-refractivity contribution < 1.29 is 0 Å². The molecule has 2 aliphatic rings. The number of nitrogens with two attached hydrogens (primary N) is 1. The highest BCUT2D eigenvalue weighted by atomic mass is 35.5. The van der Waals surface area contributed by atoms with Crippen LogP contribution in [0.3, 0.4) is 0 Å². The molecule has 0 amide bonds. The number of hydrogen-bond acceptors (Lipinski definition) is 2. The van der Waals surface area contributed by atoms with E-state index in [0.717, 1.165) is 29.0 Å². The molecule has 21 heavy (non-hydrogen) atoms. The zero-order chi connectivity index (χ0) is 14.8. The van der Waals surface area contributed by atoms with Gasteiger partial charge in [-0.3, -0.25) is 10.3 Å². The third kappa shape index (κ3) is 3.41. The second-order valence-electron chi connectivity index (χ2n) is 6.55. The molecule has 2 atom stereocenters. The van der Waals surface area contributed by atoms with Gasteiger partial charge in [0.05, 0.1) is 0 Å². The Labute approximate surface area is 132 Å². The SMILES string of the molecule is N=C(N)c1ccc(CN2CCC3CCCCC3C2)c(Cl)c1. The molecule has 0 aromatic heterocycles. The van der Waals surface area contributed by atoms with Crippen LogP contribution in [0.4, 0.5) is 0 Å². The van der Waals surface area contributed by atoms with Crippen molar-refractivity contribution in [2.24, 2.45) is 17.6 Å². The first-order valence-corrected chi connectivity index (χ1v) is 8.36. The number of rotatable bonds is 3. The van der Waals surface area contributed by atoms with Crippen LogP contribution in [0, 0.1) is 17.2 Å². The Bertz CT molecular complexity index is 529. The van der Waals surface area contributed by atoms with Crippen LogP contribution in [0.5, 0.6) is 0 Å². The van der Waals surface area contributed by atoms with E-state index in [0.29, 0.717) is 5.56 Å². The summed E-state index contributed by atoms with van der Waals surface area (Å²) in [4.78, 5) is 2.54. The normalized spacial score (nSPS) is 26.3. The Morgan fingerprint density at radius 3 is 2.71 bits per heavy atom. The van der Waals surface area contributed by atoms with Crippen molar-refractivity contribution >= 4 is 17.4 Å². The molecule has 1 heterocycles. The summed E-state index contributed by atoms with van der Waals surface area (Å²) in [6, 6.07) is 5.73. The van der Waals surface area contributed by atoms with Gasteiger partial charge in [0.25, 0.3) is 0 Å². The van der Waals surface area contributed by atoms with Crippen molar-refractivity contribution in [3.05, 3.63) is 34.3 Å². The molecule has 0 bridgehead atoms. The van der Waals surface area contributed by atoms with Crippen LogP contribution >= 0.6 is 11.6 Å². The van der Waals surface area contributed by atoms with Crippen molar-refractivity contribution in [1.29, 1.82) is 5.41 Å². The van der Waals surface area contributed by atoms with Gasteiger partial charge in [-0.25, -0.2) is 0 Å². The van der Waals surface area contributed by atoms with Crippen LogP contribution in [-0.2, 0) is 6.54 Å². The Morgan fingerprint density at radius 2 is 2.00 bits per heavy atom. The molecule has 0 spiro atoms. The van der Waals surface area contributed by atoms with E-state index >= 15 is 0 Å². The number of hydrogen-bond donors (Lipinski definition) is 2. The fourth-order valence-electron chi connectivity index (χ4n) is 3.90. The van der Waals surface area contributed by atoms with Gasteiger partial charge in [0, 0.05) is 23.7 Å². The standard InChI is InChI=1S/C17H24ClN3/c18-16-9-13(17(19)20)5-6-15(16)11-21-8-7-12-3-1-2-4-14(12)10-21/h5-6,9,12,14H,1-4,7-8,10-11H2,(H3,19,20). The number of likely N-dealkylation sites (tertiary alicyclic amines) is 1. The summed E-state index contributed by atoms with van der Waals surface area (Å²) in [5.74, 6) is 1.93. The number of halogens is 1. The largest absolute Gasteiger partial charge is 0.384 e. The molecule has 1 aromatic rings. The van der Waals surface area contributed by atoms with Crippen LogP contribution in [0.25, 0.3) is 0 Å². The molecular weight excluding hydrogens is 282 g/mol. The molecule has 2 unspecified atom stereocenters. The molecule has 1 aromatic carbocycles. The van der Waals surface area contributed by atoms with E-state index in [1.54, 1.807) is 0 Å². The molecular formula is C17H24ClN3. The topological polar surface area (TPSA) is 53.1 Å². The number of amidine groups is 1. The lowest BCUT2D eigenvalue weighted by Gasteiger charge is -2.41. The number of fused-ring (bicyclic) bond motifs is 1. The summed E-state index contributed by atoms with van der Waals surface area (Å²) in [5.41, 5.74) is 7.36. The maximum atomic E-state index is 7.47. The molecule has 114 valence electrons. The molecule has 3 N–H and O–H groups in total. The van der Waals surface area contributed by atoms with E-state index in [4.69, 9.17) is 22.7 Å². The lowest BCUT2D eigenvalue weighted by molar-refractivity contribution is 0.0821. The molecule has 3 nitrogen and oxygen atoms in total. The van der Waals surface area contributed by atoms with Crippen LogP contribution < -0.4 is 5.73 Å². The highest BCUT2D eigenvalue weighted by Gasteiger charge is 2.31. The maximum absolute atomic E-state index is 7.47. The van der Waals surface area contributed by atoms with Gasteiger partial charge >= 0.3 is 0 Å². The predicted octanol–water partition coefficient (Wildman–Crippen LogP) is 3.64. The summed E-state index contributed by atoms with van der Waals surface area (Å²) in [5, 5.41) is 8.20. The number of piperidine rings is 1. The highest BCUT2D eigenvalue weighted by molar-refractivity contribution is 6.31. The fourth-order valence-corrected chi connectivity index (χ4v) is 4.14. The number of nitrogen functional groups attached to an aromatic ring is 1. The van der Waals surface area contributed by atoms with Gasteiger partial charge in [-0.05, 0) is 42.9 Å². The highest BCUT2D eigenvalue weighted by Crippen LogP contribution is 2.36. The van der Waals surface area contributed by atoms with Crippen LogP contribution in [0.1, 0.15) is 43.2 Å². The van der Waals surface area contributed by atoms with Crippen molar-refractivity contribution in [3.8, 4) is 0 Å². The van der Waals surface area contributed by atoms with Gasteiger partial charge in [-0.2, -0.15) is 0 Å². The van der Waals surface area contributed by atoms with E-state index in [-0.39, 0.29) is 5.84 Å². The van der Waals surface area contributed by atoms with E-state index in [2.05, 4.69) is 4.90 Å². The second-order valence-corrected chi connectivity index (χ2v) is 6.96. The lowest BCUT2D eigenvalue weighted by atomic mass is 9.75. The van der Waals surface area contributed by atoms with Crippen LogP contribution in [-0.4, -0.2) is 23.8 Å². The van der Waals surface area contributed by atoms with Crippen molar-refractivity contribution in [1.82, 2.24) is 4.90 Å². The summed E-state index contributed by atoms with van der Waals surface area (Å²) in [7, 11) is 0. The van der Waals surface area contributed by atoms with E-state index in [1.165, 1.54) is 45.2 Å². The quantitative estimate of drug-likeness (QED) is 0.662. The third-order valence-corrected chi connectivity index (χ3v) is 5.49. The van der Waals surface area contributed by atoms with Gasteiger partial charge in [0.1, 0.15) is 5.84 Å². The Morgan fingerprint density at radius 1 is 1.24 bits per heavy atom. The first kappa shape index (κ1) is 14.9. The Hall–Kier alpha value is -1.06. The molecule has 1 saturated carbocycles. The first-order valence-electron chi connectivity index (χ1n) is 7.98. The molecule has 1 saturated heterocycles. The number of nitrogens with one attached hydrogen (secondary N) is 1. The zero-order valence-electron chi connectivity index (χ0n) is 12.4. The van der Waals surface area contributed by atoms with Gasteiger partial charge in [0.15, 0.2) is 0 Å². The zero-order valence-corrected chi connectivity index (χ0v) is 13.2. The van der Waals surface area contributed by atoms with Crippen molar-refractivity contribution in [2.45, 2.75) is 38.6 Å². The molecule has 1 aliphatic heterocycles. The van der Waals surface area contributed by atoms with Gasteiger partial charge in [-0.15, -0.1) is 0 Å². The van der Waals surface area contributed by atoms with E-state index in [1.807, 2.05) is 18.2 Å². The minimum atomic E-state index is 0.0754.